The van der Waals surface area contributed by atoms with Gasteiger partial charge in [0.1, 0.15) is 0 Å². The highest BCUT2D eigenvalue weighted by Gasteiger charge is 2.31. The van der Waals surface area contributed by atoms with Crippen LogP contribution >= 0.6 is 0 Å². The third-order valence-electron chi connectivity index (χ3n) is 4.66. The molecule has 4 heteroatoms. The maximum atomic E-state index is 12.3. The first-order valence-electron chi connectivity index (χ1n) is 8.41. The molecule has 1 aliphatic heterocycles. The minimum atomic E-state index is 0.317. The van der Waals surface area contributed by atoms with Crippen LogP contribution in [0.1, 0.15) is 44.9 Å². The minimum absolute atomic E-state index is 0.317. The zero-order chi connectivity index (χ0) is 13.8. The first kappa shape index (κ1) is 14.3. The number of nitrogens with one attached hydrogen (secondary N) is 1. The molecular weight excluding hydrogens is 252 g/mol. The lowest BCUT2D eigenvalue weighted by atomic mass is 10.1. The lowest BCUT2D eigenvalue weighted by Crippen LogP contribution is -2.36. The zero-order valence-corrected chi connectivity index (χ0v) is 12.5. The van der Waals surface area contributed by atoms with Crippen molar-refractivity contribution in [3.8, 4) is 0 Å². The highest BCUT2D eigenvalue weighted by molar-refractivity contribution is 5.76. The van der Waals surface area contributed by atoms with Gasteiger partial charge in [0, 0.05) is 13.1 Å². The van der Waals surface area contributed by atoms with E-state index in [1.807, 2.05) is 0 Å². The van der Waals surface area contributed by atoms with Gasteiger partial charge in [0.05, 0.1) is 19.1 Å². The van der Waals surface area contributed by atoms with E-state index in [0.29, 0.717) is 25.0 Å². The Morgan fingerprint density at radius 1 is 1.00 bits per heavy atom. The zero-order valence-electron chi connectivity index (χ0n) is 12.5. The standard InChI is InChI=1S/C16H28N2O2/c19-16(7-10-20-15-5-8-17-9-6-15)18(11-13-1-2-13)12-14-3-4-14/h13-15,17H,1-12H2. The van der Waals surface area contributed by atoms with E-state index in [9.17, 15) is 4.79 Å². The van der Waals surface area contributed by atoms with Crippen LogP contribution in [0.3, 0.4) is 0 Å². The summed E-state index contributed by atoms with van der Waals surface area (Å²) in [6.07, 6.45) is 8.39. The summed E-state index contributed by atoms with van der Waals surface area (Å²) in [5.74, 6) is 1.91. The molecule has 1 amide bonds. The molecule has 0 atom stereocenters. The summed E-state index contributed by atoms with van der Waals surface area (Å²) in [5, 5.41) is 3.33. The lowest BCUT2D eigenvalue weighted by Gasteiger charge is -2.25. The molecule has 2 saturated carbocycles. The topological polar surface area (TPSA) is 41.6 Å². The van der Waals surface area contributed by atoms with Gasteiger partial charge in [-0.15, -0.1) is 0 Å². The Kier molecular flexibility index (Phi) is 4.94. The number of hydrogen-bond acceptors (Lipinski definition) is 3. The number of ether oxygens (including phenoxy) is 1. The molecule has 0 bridgehead atoms. The van der Waals surface area contributed by atoms with Crippen LogP contribution in [-0.4, -0.2) is 49.7 Å². The number of hydrogen-bond donors (Lipinski definition) is 1. The first-order valence-corrected chi connectivity index (χ1v) is 8.41. The highest BCUT2D eigenvalue weighted by atomic mass is 16.5. The fraction of sp³-hybridized carbons (Fsp3) is 0.938. The van der Waals surface area contributed by atoms with Gasteiger partial charge in [-0.05, 0) is 63.5 Å². The van der Waals surface area contributed by atoms with Crippen molar-refractivity contribution in [2.45, 2.75) is 51.0 Å². The summed E-state index contributed by atoms with van der Waals surface area (Å²) in [6, 6.07) is 0. The van der Waals surface area contributed by atoms with E-state index in [0.717, 1.165) is 50.9 Å². The molecule has 3 aliphatic rings. The lowest BCUT2D eigenvalue weighted by molar-refractivity contribution is -0.133. The second-order valence-electron chi connectivity index (χ2n) is 6.76. The second kappa shape index (κ2) is 6.90. The molecule has 20 heavy (non-hydrogen) atoms. The van der Waals surface area contributed by atoms with E-state index >= 15 is 0 Å². The molecule has 0 aromatic heterocycles. The fourth-order valence-corrected chi connectivity index (χ4v) is 2.94. The summed E-state index contributed by atoms with van der Waals surface area (Å²) in [6.45, 7) is 4.71. The molecule has 1 N–H and O–H groups in total. The van der Waals surface area contributed by atoms with Crippen molar-refractivity contribution in [3.05, 3.63) is 0 Å². The van der Waals surface area contributed by atoms with Gasteiger partial charge >= 0.3 is 0 Å². The van der Waals surface area contributed by atoms with Crippen molar-refractivity contribution < 1.29 is 9.53 Å². The average molecular weight is 280 g/mol. The Hall–Kier alpha value is -0.610. The van der Waals surface area contributed by atoms with Crippen molar-refractivity contribution >= 4 is 5.91 Å². The quantitative estimate of drug-likeness (QED) is 0.737. The van der Waals surface area contributed by atoms with Gasteiger partial charge in [-0.25, -0.2) is 0 Å². The van der Waals surface area contributed by atoms with Crippen molar-refractivity contribution in [3.63, 3.8) is 0 Å². The molecule has 4 nitrogen and oxygen atoms in total. The molecule has 0 radical (unpaired) electrons. The largest absolute Gasteiger partial charge is 0.378 e. The Balaban J connectivity index is 1.36. The van der Waals surface area contributed by atoms with Crippen LogP contribution in [0, 0.1) is 11.8 Å². The van der Waals surface area contributed by atoms with E-state index in [2.05, 4.69) is 10.2 Å². The molecule has 114 valence electrons. The summed E-state index contributed by atoms with van der Waals surface area (Å²) in [7, 11) is 0. The monoisotopic (exact) mass is 280 g/mol. The number of rotatable bonds is 8. The predicted octanol–water partition coefficient (Wildman–Crippen LogP) is 1.79. The summed E-state index contributed by atoms with van der Waals surface area (Å²) in [4.78, 5) is 14.5. The Bertz CT molecular complexity index is 306. The maximum absolute atomic E-state index is 12.3. The van der Waals surface area contributed by atoms with Crippen molar-refractivity contribution in [1.82, 2.24) is 10.2 Å². The third kappa shape index (κ3) is 4.74. The minimum Gasteiger partial charge on any atom is -0.378 e. The van der Waals surface area contributed by atoms with Gasteiger partial charge in [-0.1, -0.05) is 0 Å². The highest BCUT2D eigenvalue weighted by Crippen LogP contribution is 2.33. The Morgan fingerprint density at radius 3 is 2.15 bits per heavy atom. The molecule has 1 saturated heterocycles. The fourth-order valence-electron chi connectivity index (χ4n) is 2.94. The third-order valence-corrected chi connectivity index (χ3v) is 4.66. The normalized spacial score (nSPS) is 23.8. The second-order valence-corrected chi connectivity index (χ2v) is 6.76. The predicted molar refractivity (Wildman–Crippen MR) is 78.5 cm³/mol. The summed E-state index contributed by atoms with van der Waals surface area (Å²) >= 11 is 0. The summed E-state index contributed by atoms with van der Waals surface area (Å²) in [5.41, 5.74) is 0. The van der Waals surface area contributed by atoms with Crippen molar-refractivity contribution in [1.29, 1.82) is 0 Å². The van der Waals surface area contributed by atoms with Crippen LogP contribution in [0.25, 0.3) is 0 Å². The van der Waals surface area contributed by atoms with Gasteiger partial charge in [0.25, 0.3) is 0 Å². The molecule has 1 heterocycles. The van der Waals surface area contributed by atoms with Gasteiger partial charge < -0.3 is 15.0 Å². The smallest absolute Gasteiger partial charge is 0.224 e. The van der Waals surface area contributed by atoms with Gasteiger partial charge in [0.15, 0.2) is 0 Å². The van der Waals surface area contributed by atoms with E-state index in [1.165, 1.54) is 25.7 Å². The van der Waals surface area contributed by atoms with Crippen LogP contribution in [0.15, 0.2) is 0 Å². The number of carbonyl (C=O) groups is 1. The SMILES string of the molecule is O=C(CCOC1CCNCC1)N(CC1CC1)CC1CC1. The van der Waals surface area contributed by atoms with Gasteiger partial charge in [-0.2, -0.15) is 0 Å². The van der Waals surface area contributed by atoms with E-state index in [-0.39, 0.29) is 0 Å². The Morgan fingerprint density at radius 2 is 1.60 bits per heavy atom. The van der Waals surface area contributed by atoms with Crippen molar-refractivity contribution in [2.75, 3.05) is 32.8 Å². The van der Waals surface area contributed by atoms with Crippen LogP contribution in [-0.2, 0) is 9.53 Å². The number of piperidine rings is 1. The van der Waals surface area contributed by atoms with E-state index in [4.69, 9.17) is 4.74 Å². The Labute approximate surface area is 122 Å². The number of amides is 1. The van der Waals surface area contributed by atoms with E-state index < -0.39 is 0 Å². The maximum Gasteiger partial charge on any atom is 0.224 e. The molecule has 0 aromatic carbocycles. The molecule has 2 aliphatic carbocycles. The average Bonchev–Trinajstić information content (AvgIpc) is 3.34. The van der Waals surface area contributed by atoms with Crippen LogP contribution < -0.4 is 5.32 Å². The number of carbonyl (C=O) groups excluding carboxylic acids is 1. The van der Waals surface area contributed by atoms with Gasteiger partial charge in [-0.3, -0.25) is 4.79 Å². The van der Waals surface area contributed by atoms with Crippen LogP contribution in [0.5, 0.6) is 0 Å². The van der Waals surface area contributed by atoms with Crippen LogP contribution in [0.2, 0.25) is 0 Å². The van der Waals surface area contributed by atoms with E-state index in [1.54, 1.807) is 0 Å². The molecule has 0 aromatic rings. The number of nitrogens with zero attached hydrogens (tertiary/aromatic N) is 1. The van der Waals surface area contributed by atoms with Crippen molar-refractivity contribution in [2.24, 2.45) is 11.8 Å². The molecule has 3 fully saturated rings. The molecule has 0 spiro atoms. The van der Waals surface area contributed by atoms with Crippen LogP contribution in [0.4, 0.5) is 0 Å². The molecule has 3 rings (SSSR count). The molecule has 0 unspecified atom stereocenters. The first-order chi connectivity index (χ1) is 9.81. The summed E-state index contributed by atoms with van der Waals surface area (Å²) < 4.78 is 5.86. The molecular formula is C16H28N2O2. The van der Waals surface area contributed by atoms with Gasteiger partial charge in [0.2, 0.25) is 5.91 Å².